The van der Waals surface area contributed by atoms with Crippen molar-refractivity contribution in [2.45, 2.75) is 6.92 Å². The number of carbonyl (C=O) groups excluding carboxylic acids is 1. The molecule has 5 heteroatoms. The van der Waals surface area contributed by atoms with Crippen LogP contribution in [0.15, 0.2) is 36.9 Å². The molecule has 5 nitrogen and oxygen atoms in total. The van der Waals surface area contributed by atoms with Crippen molar-refractivity contribution in [2.75, 3.05) is 11.9 Å². The van der Waals surface area contributed by atoms with Crippen LogP contribution in [0.3, 0.4) is 0 Å². The van der Waals surface area contributed by atoms with Gasteiger partial charge in [0.15, 0.2) is 0 Å². The van der Waals surface area contributed by atoms with Crippen LogP contribution in [0.2, 0.25) is 0 Å². The maximum absolute atomic E-state index is 12.2. The predicted molar refractivity (Wildman–Crippen MR) is 77.1 cm³/mol. The van der Waals surface area contributed by atoms with Gasteiger partial charge in [-0.05, 0) is 24.6 Å². The molecule has 0 aliphatic rings. The minimum absolute atomic E-state index is 0.249. The molecule has 0 radical (unpaired) electrons. The third-order valence-corrected chi connectivity index (χ3v) is 2.56. The van der Waals surface area contributed by atoms with E-state index in [9.17, 15) is 4.79 Å². The van der Waals surface area contributed by atoms with E-state index in [0.717, 1.165) is 5.56 Å². The molecule has 2 aromatic rings. The number of benzene rings is 1. The van der Waals surface area contributed by atoms with E-state index in [-0.39, 0.29) is 12.5 Å². The molecule has 0 spiro atoms. The Morgan fingerprint density at radius 3 is 2.80 bits per heavy atom. The Morgan fingerprint density at radius 2 is 2.10 bits per heavy atom. The molecule has 2 rings (SSSR count). The summed E-state index contributed by atoms with van der Waals surface area (Å²) in [6, 6.07) is 5.47. The Labute approximate surface area is 117 Å². The van der Waals surface area contributed by atoms with Crippen LogP contribution in [-0.2, 0) is 0 Å². The molecular formula is C15H14N4O. The molecule has 0 saturated carbocycles. The van der Waals surface area contributed by atoms with Crippen molar-refractivity contribution in [3.8, 4) is 11.8 Å². The van der Waals surface area contributed by atoms with Gasteiger partial charge in [-0.3, -0.25) is 4.79 Å². The van der Waals surface area contributed by atoms with Crippen molar-refractivity contribution in [1.82, 2.24) is 9.97 Å². The van der Waals surface area contributed by atoms with Crippen LogP contribution in [0.25, 0.3) is 0 Å². The van der Waals surface area contributed by atoms with Crippen molar-refractivity contribution < 1.29 is 4.79 Å². The van der Waals surface area contributed by atoms with Crippen molar-refractivity contribution >= 4 is 11.6 Å². The first-order valence-corrected chi connectivity index (χ1v) is 6.06. The van der Waals surface area contributed by atoms with Gasteiger partial charge in [-0.15, -0.1) is 0 Å². The molecule has 0 unspecified atom stereocenters. The highest BCUT2D eigenvalue weighted by Crippen LogP contribution is 2.13. The fraction of sp³-hybridized carbons (Fsp3) is 0.133. The van der Waals surface area contributed by atoms with Gasteiger partial charge in [0.05, 0.1) is 30.2 Å². The monoisotopic (exact) mass is 266 g/mol. The molecule has 20 heavy (non-hydrogen) atoms. The Morgan fingerprint density at radius 1 is 1.35 bits per heavy atom. The predicted octanol–water partition coefficient (Wildman–Crippen LogP) is 1.35. The number of rotatable bonds is 2. The van der Waals surface area contributed by atoms with Crippen LogP contribution >= 0.6 is 0 Å². The number of amides is 1. The quantitative estimate of drug-likeness (QED) is 0.804. The Bertz CT molecular complexity index is 671. The smallest absolute Gasteiger partial charge is 0.257 e. The number of hydrogen-bond donors (Lipinski definition) is 2. The number of nitrogens with two attached hydrogens (primary N) is 1. The maximum atomic E-state index is 12.2. The van der Waals surface area contributed by atoms with Gasteiger partial charge in [-0.25, -0.2) is 9.97 Å². The van der Waals surface area contributed by atoms with Crippen molar-refractivity contribution in [1.29, 1.82) is 0 Å². The zero-order valence-corrected chi connectivity index (χ0v) is 11.1. The van der Waals surface area contributed by atoms with Crippen LogP contribution in [0.4, 0.5) is 5.69 Å². The molecule has 1 amide bonds. The van der Waals surface area contributed by atoms with Crippen molar-refractivity contribution in [2.24, 2.45) is 5.73 Å². The van der Waals surface area contributed by atoms with Crippen molar-refractivity contribution in [3.05, 3.63) is 53.6 Å². The lowest BCUT2D eigenvalue weighted by atomic mass is 10.0. The molecule has 1 heterocycles. The second-order valence-electron chi connectivity index (χ2n) is 4.14. The van der Waals surface area contributed by atoms with Gasteiger partial charge in [0.25, 0.3) is 5.91 Å². The van der Waals surface area contributed by atoms with Crippen LogP contribution in [0.1, 0.15) is 21.5 Å². The summed E-state index contributed by atoms with van der Waals surface area (Å²) < 4.78 is 0. The van der Waals surface area contributed by atoms with E-state index in [1.165, 1.54) is 18.7 Å². The fourth-order valence-corrected chi connectivity index (χ4v) is 1.67. The van der Waals surface area contributed by atoms with Gasteiger partial charge < -0.3 is 11.1 Å². The molecule has 0 aliphatic carbocycles. The molecule has 0 atom stereocenters. The Balaban J connectivity index is 2.30. The van der Waals surface area contributed by atoms with Gasteiger partial charge in [0.2, 0.25) is 0 Å². The number of nitrogens with zero attached hydrogens (tertiary/aromatic N) is 2. The summed E-state index contributed by atoms with van der Waals surface area (Å²) in [6.07, 6.45) is 4.47. The second kappa shape index (κ2) is 6.45. The summed E-state index contributed by atoms with van der Waals surface area (Å²) in [4.78, 5) is 19.9. The van der Waals surface area contributed by atoms with Crippen LogP contribution in [-0.4, -0.2) is 22.4 Å². The summed E-state index contributed by atoms with van der Waals surface area (Å²) >= 11 is 0. The highest BCUT2D eigenvalue weighted by molar-refractivity contribution is 6.05. The van der Waals surface area contributed by atoms with E-state index in [0.29, 0.717) is 16.8 Å². The normalized spacial score (nSPS) is 9.50. The minimum Gasteiger partial charge on any atom is -0.320 e. The molecule has 0 aliphatic heterocycles. The number of carbonyl (C=O) groups is 1. The molecule has 0 bridgehead atoms. The molecule has 1 aromatic heterocycles. The first-order chi connectivity index (χ1) is 9.70. The number of hydrogen-bond acceptors (Lipinski definition) is 4. The molecule has 3 N–H and O–H groups in total. The maximum Gasteiger partial charge on any atom is 0.257 e. The summed E-state index contributed by atoms with van der Waals surface area (Å²) in [5.41, 5.74) is 8.10. The van der Waals surface area contributed by atoms with E-state index in [2.05, 4.69) is 27.1 Å². The largest absolute Gasteiger partial charge is 0.320 e. The number of aryl methyl sites for hydroxylation is 1. The van der Waals surface area contributed by atoms with Gasteiger partial charge in [-0.2, -0.15) is 0 Å². The molecule has 100 valence electrons. The van der Waals surface area contributed by atoms with E-state index >= 15 is 0 Å². The first kappa shape index (κ1) is 13.7. The summed E-state index contributed by atoms with van der Waals surface area (Å²) in [5.74, 6) is 5.43. The van der Waals surface area contributed by atoms with Gasteiger partial charge in [0.1, 0.15) is 6.33 Å². The van der Waals surface area contributed by atoms with E-state index < -0.39 is 0 Å². The van der Waals surface area contributed by atoms with Crippen molar-refractivity contribution in [3.63, 3.8) is 0 Å². The molecule has 0 fully saturated rings. The topological polar surface area (TPSA) is 80.9 Å². The highest BCUT2D eigenvalue weighted by atomic mass is 16.1. The molecule has 0 saturated heterocycles. The summed E-state index contributed by atoms with van der Waals surface area (Å²) in [7, 11) is 0. The first-order valence-electron chi connectivity index (χ1n) is 6.06. The highest BCUT2D eigenvalue weighted by Gasteiger charge is 2.10. The summed E-state index contributed by atoms with van der Waals surface area (Å²) in [5, 5.41) is 2.73. The minimum atomic E-state index is -0.249. The average Bonchev–Trinajstić information content (AvgIpc) is 2.46. The lowest BCUT2D eigenvalue weighted by Crippen LogP contribution is -2.14. The number of aromatic nitrogens is 2. The van der Waals surface area contributed by atoms with Gasteiger partial charge in [-0.1, -0.05) is 17.9 Å². The van der Waals surface area contributed by atoms with E-state index in [4.69, 9.17) is 5.73 Å². The van der Waals surface area contributed by atoms with E-state index in [1.54, 1.807) is 6.07 Å². The SMILES string of the molecule is Cc1ccc(C(=O)Nc2cncnc2)c(C#CCN)c1. The lowest BCUT2D eigenvalue weighted by Gasteiger charge is -2.07. The second-order valence-corrected chi connectivity index (χ2v) is 4.14. The number of anilines is 1. The Kier molecular flexibility index (Phi) is 4.43. The van der Waals surface area contributed by atoms with Crippen LogP contribution in [0, 0.1) is 18.8 Å². The fourth-order valence-electron chi connectivity index (χ4n) is 1.67. The van der Waals surface area contributed by atoms with Gasteiger partial charge in [0, 0.05) is 5.56 Å². The summed E-state index contributed by atoms with van der Waals surface area (Å²) in [6.45, 7) is 2.20. The molecular weight excluding hydrogens is 252 g/mol. The zero-order valence-electron chi connectivity index (χ0n) is 11.1. The Hall–Kier alpha value is -2.71. The standard InChI is InChI=1S/C15H14N4O/c1-11-4-5-14(12(7-11)3-2-6-16)15(20)19-13-8-17-10-18-9-13/h4-5,7-10H,6,16H2,1H3,(H,19,20). The van der Waals surface area contributed by atoms with Crippen LogP contribution < -0.4 is 11.1 Å². The third-order valence-electron chi connectivity index (χ3n) is 2.56. The molecule has 1 aromatic carbocycles. The van der Waals surface area contributed by atoms with Gasteiger partial charge >= 0.3 is 0 Å². The zero-order chi connectivity index (χ0) is 14.4. The number of nitrogens with one attached hydrogen (secondary N) is 1. The average molecular weight is 266 g/mol. The third kappa shape index (κ3) is 3.40. The lowest BCUT2D eigenvalue weighted by molar-refractivity contribution is 0.102. The van der Waals surface area contributed by atoms with E-state index in [1.807, 2.05) is 19.1 Å². The van der Waals surface area contributed by atoms with Crippen LogP contribution in [0.5, 0.6) is 0 Å².